The minimum Gasteiger partial charge on any atom is -0.493 e. The number of benzene rings is 1. The van der Waals surface area contributed by atoms with Crippen LogP contribution < -0.4 is 10.3 Å². The lowest BCUT2D eigenvalue weighted by atomic mass is 10.1. The zero-order valence-corrected chi connectivity index (χ0v) is 19.6. The van der Waals surface area contributed by atoms with Crippen LogP contribution in [0.25, 0.3) is 22.4 Å². The van der Waals surface area contributed by atoms with Crippen molar-refractivity contribution >= 4 is 11.0 Å². The van der Waals surface area contributed by atoms with Crippen molar-refractivity contribution in [2.45, 2.75) is 39.7 Å². The summed E-state index contributed by atoms with van der Waals surface area (Å²) in [5, 5.41) is 4.54. The molecule has 4 rings (SSSR count). The minimum absolute atomic E-state index is 0.173. The maximum Gasteiger partial charge on any atom is 0.277 e. The number of H-pyrrole nitrogens is 1. The number of rotatable bonds is 8. The minimum atomic E-state index is -0.173. The van der Waals surface area contributed by atoms with E-state index in [2.05, 4.69) is 52.9 Å². The van der Waals surface area contributed by atoms with Gasteiger partial charge in [-0.2, -0.15) is 5.10 Å². The van der Waals surface area contributed by atoms with Gasteiger partial charge in [0, 0.05) is 39.8 Å². The number of hydrogen-bond donors (Lipinski definition) is 1. The van der Waals surface area contributed by atoms with Gasteiger partial charge < -0.3 is 14.6 Å². The normalized spacial score (nSPS) is 15.5. The molecule has 1 saturated heterocycles. The van der Waals surface area contributed by atoms with E-state index in [9.17, 15) is 4.79 Å². The molecule has 3 aromatic rings. The van der Waals surface area contributed by atoms with Gasteiger partial charge in [-0.05, 0) is 37.6 Å². The number of aryl methyl sites for hydroxylation is 2. The van der Waals surface area contributed by atoms with Crippen LogP contribution in [-0.4, -0.2) is 69.4 Å². The Balaban J connectivity index is 1.75. The van der Waals surface area contributed by atoms with Crippen molar-refractivity contribution in [3.8, 4) is 17.1 Å². The highest BCUT2D eigenvalue weighted by Gasteiger charge is 2.19. The van der Waals surface area contributed by atoms with Crippen LogP contribution >= 0.6 is 0 Å². The van der Waals surface area contributed by atoms with Crippen LogP contribution in [0.5, 0.6) is 5.75 Å². The summed E-state index contributed by atoms with van der Waals surface area (Å²) in [5.74, 6) is 1.29. The SMILES string of the molecule is CCCOc1ccc(CN2CCN(C)CC2)cc1-c1nc2c(CCC)nn(C)c2c(=O)[nH]1. The third kappa shape index (κ3) is 4.71. The van der Waals surface area contributed by atoms with Crippen molar-refractivity contribution < 1.29 is 4.74 Å². The van der Waals surface area contributed by atoms with Crippen molar-refractivity contribution in [1.29, 1.82) is 0 Å². The standard InChI is InChI=1S/C24H34N6O2/c1-5-7-19-21-22(29(4)27-19)24(31)26-23(25-21)18-15-17(8-9-20(18)32-14-6-2)16-30-12-10-28(3)11-13-30/h8-9,15H,5-7,10-14,16H2,1-4H3,(H,25,26,31). The molecule has 1 aliphatic heterocycles. The molecule has 2 aromatic heterocycles. The fourth-order valence-electron chi connectivity index (χ4n) is 4.24. The number of fused-ring (bicyclic) bond motifs is 1. The molecule has 0 bridgehead atoms. The summed E-state index contributed by atoms with van der Waals surface area (Å²) in [6.45, 7) is 9.94. The molecular weight excluding hydrogens is 404 g/mol. The number of nitrogens with zero attached hydrogens (tertiary/aromatic N) is 5. The lowest BCUT2D eigenvalue weighted by Gasteiger charge is -2.32. The molecule has 1 fully saturated rings. The summed E-state index contributed by atoms with van der Waals surface area (Å²) >= 11 is 0. The molecule has 8 nitrogen and oxygen atoms in total. The summed E-state index contributed by atoms with van der Waals surface area (Å²) in [7, 11) is 3.96. The van der Waals surface area contributed by atoms with Gasteiger partial charge in [0.1, 0.15) is 17.1 Å². The van der Waals surface area contributed by atoms with E-state index in [-0.39, 0.29) is 5.56 Å². The molecule has 0 spiro atoms. The second-order valence-corrected chi connectivity index (χ2v) is 8.69. The Morgan fingerprint density at radius 2 is 1.88 bits per heavy atom. The van der Waals surface area contributed by atoms with Crippen molar-refractivity contribution in [2.24, 2.45) is 7.05 Å². The van der Waals surface area contributed by atoms with Gasteiger partial charge in [-0.3, -0.25) is 14.4 Å². The van der Waals surface area contributed by atoms with Crippen molar-refractivity contribution in [2.75, 3.05) is 39.8 Å². The second-order valence-electron chi connectivity index (χ2n) is 8.69. The van der Waals surface area contributed by atoms with Crippen LogP contribution in [0, 0.1) is 0 Å². The number of nitrogens with one attached hydrogen (secondary N) is 1. The van der Waals surface area contributed by atoms with Gasteiger partial charge in [0.05, 0.1) is 17.9 Å². The molecule has 32 heavy (non-hydrogen) atoms. The molecule has 172 valence electrons. The van der Waals surface area contributed by atoms with E-state index in [1.807, 2.05) is 6.07 Å². The van der Waals surface area contributed by atoms with E-state index in [0.29, 0.717) is 23.5 Å². The maximum absolute atomic E-state index is 13.0. The molecule has 1 aliphatic rings. The van der Waals surface area contributed by atoms with Crippen LogP contribution in [0.1, 0.15) is 37.9 Å². The average molecular weight is 439 g/mol. The van der Waals surface area contributed by atoms with Crippen LogP contribution in [0.4, 0.5) is 0 Å². The zero-order chi connectivity index (χ0) is 22.7. The van der Waals surface area contributed by atoms with E-state index < -0.39 is 0 Å². The van der Waals surface area contributed by atoms with Gasteiger partial charge in [0.25, 0.3) is 5.56 Å². The maximum atomic E-state index is 13.0. The quantitative estimate of drug-likeness (QED) is 0.583. The number of hydrogen-bond acceptors (Lipinski definition) is 6. The molecule has 3 heterocycles. The Bertz CT molecular complexity index is 1130. The second kappa shape index (κ2) is 9.83. The third-order valence-electron chi connectivity index (χ3n) is 6.01. The van der Waals surface area contributed by atoms with Crippen molar-refractivity contribution in [1.82, 2.24) is 29.5 Å². The van der Waals surface area contributed by atoms with Crippen LogP contribution in [0.2, 0.25) is 0 Å². The molecule has 0 amide bonds. The number of piperazine rings is 1. The van der Waals surface area contributed by atoms with E-state index in [1.54, 1.807) is 11.7 Å². The first-order valence-electron chi connectivity index (χ1n) is 11.6. The van der Waals surface area contributed by atoms with Crippen LogP contribution in [0.15, 0.2) is 23.0 Å². The molecule has 8 heteroatoms. The highest BCUT2D eigenvalue weighted by atomic mass is 16.5. The van der Waals surface area contributed by atoms with Gasteiger partial charge in [-0.25, -0.2) is 4.98 Å². The van der Waals surface area contributed by atoms with Gasteiger partial charge in [-0.1, -0.05) is 26.3 Å². The molecule has 0 radical (unpaired) electrons. The third-order valence-corrected chi connectivity index (χ3v) is 6.01. The van der Waals surface area contributed by atoms with Crippen molar-refractivity contribution in [3.63, 3.8) is 0 Å². The highest BCUT2D eigenvalue weighted by molar-refractivity contribution is 5.79. The Morgan fingerprint density at radius 3 is 2.59 bits per heavy atom. The van der Waals surface area contributed by atoms with Gasteiger partial charge in [-0.15, -0.1) is 0 Å². The number of aromatic amines is 1. The highest BCUT2D eigenvalue weighted by Crippen LogP contribution is 2.30. The molecule has 1 N–H and O–H groups in total. The lowest BCUT2D eigenvalue weighted by Crippen LogP contribution is -2.43. The molecule has 1 aromatic carbocycles. The summed E-state index contributed by atoms with van der Waals surface area (Å²) in [5.41, 5.74) is 3.91. The first-order valence-corrected chi connectivity index (χ1v) is 11.6. The van der Waals surface area contributed by atoms with Gasteiger partial charge in [0.15, 0.2) is 5.52 Å². The number of likely N-dealkylation sites (N-methyl/N-ethyl adjacent to an activating group) is 1. The Kier molecular flexibility index (Phi) is 6.91. The Hall–Kier alpha value is -2.71. The van der Waals surface area contributed by atoms with E-state index in [1.165, 1.54) is 5.56 Å². The number of ether oxygens (including phenoxy) is 1. The Labute approximate surface area is 189 Å². The van der Waals surface area contributed by atoms with E-state index in [0.717, 1.165) is 69.0 Å². The fraction of sp³-hybridized carbons (Fsp3) is 0.542. The summed E-state index contributed by atoms with van der Waals surface area (Å²) < 4.78 is 7.66. The predicted molar refractivity (Wildman–Crippen MR) is 127 cm³/mol. The average Bonchev–Trinajstić information content (AvgIpc) is 3.10. The lowest BCUT2D eigenvalue weighted by molar-refractivity contribution is 0.148. The number of aromatic nitrogens is 4. The monoisotopic (exact) mass is 438 g/mol. The molecule has 0 saturated carbocycles. The molecule has 0 unspecified atom stereocenters. The summed E-state index contributed by atoms with van der Waals surface area (Å²) in [6.07, 6.45) is 2.64. The summed E-state index contributed by atoms with van der Waals surface area (Å²) in [4.78, 5) is 25.6. The molecular formula is C24H34N6O2. The topological polar surface area (TPSA) is 79.3 Å². The molecule has 0 aliphatic carbocycles. The Morgan fingerprint density at radius 1 is 1.09 bits per heavy atom. The zero-order valence-electron chi connectivity index (χ0n) is 19.6. The molecule has 0 atom stereocenters. The predicted octanol–water partition coefficient (Wildman–Crippen LogP) is 2.81. The van der Waals surface area contributed by atoms with E-state index >= 15 is 0 Å². The smallest absolute Gasteiger partial charge is 0.277 e. The van der Waals surface area contributed by atoms with Crippen LogP contribution in [0.3, 0.4) is 0 Å². The fourth-order valence-corrected chi connectivity index (χ4v) is 4.24. The van der Waals surface area contributed by atoms with Crippen LogP contribution in [-0.2, 0) is 20.0 Å². The van der Waals surface area contributed by atoms with Gasteiger partial charge in [0.2, 0.25) is 0 Å². The van der Waals surface area contributed by atoms with Crippen molar-refractivity contribution in [3.05, 3.63) is 39.8 Å². The first kappa shape index (κ1) is 22.5. The first-order chi connectivity index (χ1) is 15.5. The van der Waals surface area contributed by atoms with Gasteiger partial charge >= 0.3 is 0 Å². The summed E-state index contributed by atoms with van der Waals surface area (Å²) in [6, 6.07) is 6.25. The van der Waals surface area contributed by atoms with E-state index in [4.69, 9.17) is 9.72 Å². The largest absolute Gasteiger partial charge is 0.493 e.